The molecule has 2 nitrogen and oxygen atoms in total. The lowest BCUT2D eigenvalue weighted by Gasteiger charge is -2.30. The molecule has 1 heterocycles. The minimum atomic E-state index is 0.626. The van der Waals surface area contributed by atoms with Gasteiger partial charge in [-0.05, 0) is 19.3 Å². The third kappa shape index (κ3) is 8.10. The molecule has 0 amide bonds. The van der Waals surface area contributed by atoms with Gasteiger partial charge in [-0.25, -0.2) is 0 Å². The first-order chi connectivity index (χ1) is 10.8. The molecule has 0 N–H and O–H groups in total. The van der Waals surface area contributed by atoms with Crippen LogP contribution >= 0.6 is 0 Å². The van der Waals surface area contributed by atoms with Gasteiger partial charge < -0.3 is 9.80 Å². The molecule has 0 saturated heterocycles. The van der Waals surface area contributed by atoms with E-state index in [1.165, 1.54) is 90.0 Å². The molecule has 1 unspecified atom stereocenters. The van der Waals surface area contributed by atoms with Crippen molar-refractivity contribution in [2.45, 2.75) is 103 Å². The molecule has 2 heteroatoms. The lowest BCUT2D eigenvalue weighted by Crippen LogP contribution is -2.36. The molecule has 1 aliphatic rings. The summed E-state index contributed by atoms with van der Waals surface area (Å²) in [4.78, 5) is 4.96. The van der Waals surface area contributed by atoms with Crippen molar-refractivity contribution in [3.63, 3.8) is 0 Å². The van der Waals surface area contributed by atoms with Crippen molar-refractivity contribution in [1.82, 2.24) is 9.80 Å². The van der Waals surface area contributed by atoms with Gasteiger partial charge in [-0.15, -0.1) is 0 Å². The fourth-order valence-electron chi connectivity index (χ4n) is 3.40. The smallest absolute Gasteiger partial charge is 0.100 e. The number of hydrogen-bond donors (Lipinski definition) is 0. The largest absolute Gasteiger partial charge is 0.359 e. The third-order valence-corrected chi connectivity index (χ3v) is 4.93. The maximum Gasteiger partial charge on any atom is 0.100 e. The van der Waals surface area contributed by atoms with E-state index in [9.17, 15) is 0 Å². The van der Waals surface area contributed by atoms with Gasteiger partial charge in [-0.1, -0.05) is 78.1 Å². The molecule has 0 aromatic carbocycles. The van der Waals surface area contributed by atoms with E-state index in [1.807, 2.05) is 0 Å². The molecule has 0 fully saturated rings. The molecule has 0 aromatic heterocycles. The van der Waals surface area contributed by atoms with Gasteiger partial charge in [-0.3, -0.25) is 0 Å². The molecule has 1 atom stereocenters. The van der Waals surface area contributed by atoms with Crippen LogP contribution in [0.3, 0.4) is 0 Å². The Kier molecular flexibility index (Phi) is 11.3. The van der Waals surface area contributed by atoms with E-state index < -0.39 is 0 Å². The predicted molar refractivity (Wildman–Crippen MR) is 98.8 cm³/mol. The fourth-order valence-corrected chi connectivity index (χ4v) is 3.40. The van der Waals surface area contributed by atoms with Crippen LogP contribution in [-0.4, -0.2) is 29.6 Å². The normalized spacial score (nSPS) is 17.7. The summed E-state index contributed by atoms with van der Waals surface area (Å²) in [6.45, 7) is 5.82. The van der Waals surface area contributed by atoms with Crippen molar-refractivity contribution in [1.29, 1.82) is 0 Å². The van der Waals surface area contributed by atoms with Crippen LogP contribution in [-0.2, 0) is 0 Å². The molecule has 0 aromatic rings. The van der Waals surface area contributed by atoms with E-state index in [4.69, 9.17) is 0 Å². The summed E-state index contributed by atoms with van der Waals surface area (Å²) in [5.74, 6) is 0. The number of rotatable bonds is 14. The molecule has 130 valence electrons. The van der Waals surface area contributed by atoms with Gasteiger partial charge in [-0.2, -0.15) is 0 Å². The minimum Gasteiger partial charge on any atom is -0.359 e. The highest BCUT2D eigenvalue weighted by atomic mass is 15.4. The molecule has 1 aliphatic heterocycles. The Balaban J connectivity index is 2.01. The number of nitrogens with zero attached hydrogens (tertiary/aromatic N) is 2. The van der Waals surface area contributed by atoms with Crippen LogP contribution in [0.1, 0.15) is 97.3 Å². The summed E-state index contributed by atoms with van der Waals surface area (Å²) in [6.07, 6.45) is 23.3. The zero-order valence-electron chi connectivity index (χ0n) is 15.5. The average molecular weight is 309 g/mol. The van der Waals surface area contributed by atoms with E-state index in [1.54, 1.807) is 0 Å². The predicted octanol–water partition coefficient (Wildman–Crippen LogP) is 6.14. The second-order valence-electron chi connectivity index (χ2n) is 7.01. The summed E-state index contributed by atoms with van der Waals surface area (Å²) < 4.78 is 0. The van der Waals surface area contributed by atoms with Crippen molar-refractivity contribution in [3.8, 4) is 0 Å². The summed E-state index contributed by atoms with van der Waals surface area (Å²) >= 11 is 0. The van der Waals surface area contributed by atoms with Crippen molar-refractivity contribution < 1.29 is 0 Å². The number of unbranched alkanes of at least 4 members (excludes halogenated alkanes) is 10. The highest BCUT2D eigenvalue weighted by molar-refractivity contribution is 4.95. The Morgan fingerprint density at radius 3 is 1.86 bits per heavy atom. The topological polar surface area (TPSA) is 6.48 Å². The molecule has 0 aliphatic carbocycles. The fraction of sp³-hybridized carbons (Fsp3) is 0.900. The summed E-state index contributed by atoms with van der Waals surface area (Å²) in [5, 5.41) is 0. The van der Waals surface area contributed by atoms with Gasteiger partial charge in [0.25, 0.3) is 0 Å². The summed E-state index contributed by atoms with van der Waals surface area (Å²) in [6, 6.07) is 0. The molecule has 0 spiro atoms. The van der Waals surface area contributed by atoms with Crippen molar-refractivity contribution in [3.05, 3.63) is 12.4 Å². The van der Waals surface area contributed by atoms with Crippen molar-refractivity contribution >= 4 is 0 Å². The first-order valence-corrected chi connectivity index (χ1v) is 9.95. The van der Waals surface area contributed by atoms with E-state index in [0.717, 1.165) is 0 Å². The molecule has 22 heavy (non-hydrogen) atoms. The summed E-state index contributed by atoms with van der Waals surface area (Å²) in [5.41, 5.74) is 0. The van der Waals surface area contributed by atoms with E-state index in [2.05, 4.69) is 43.1 Å². The SMILES string of the molecule is CCCCCCCCCCCN1C=CN(C)C1CCCCC. The molecule has 0 saturated carbocycles. The van der Waals surface area contributed by atoms with Crippen LogP contribution < -0.4 is 0 Å². The van der Waals surface area contributed by atoms with Gasteiger partial charge in [0.05, 0.1) is 0 Å². The standard InChI is InChI=1S/C20H40N2/c1-4-6-8-9-10-11-12-13-15-17-22-19-18-21(3)20(22)16-14-7-5-2/h18-20H,4-17H2,1-3H3. The maximum absolute atomic E-state index is 2.57. The quantitative estimate of drug-likeness (QED) is 0.355. The van der Waals surface area contributed by atoms with Gasteiger partial charge in [0.1, 0.15) is 6.17 Å². The molecule has 1 rings (SSSR count). The maximum atomic E-state index is 2.57. The van der Waals surface area contributed by atoms with Gasteiger partial charge in [0.2, 0.25) is 0 Å². The monoisotopic (exact) mass is 308 g/mol. The van der Waals surface area contributed by atoms with Gasteiger partial charge in [0.15, 0.2) is 0 Å². The van der Waals surface area contributed by atoms with Crippen LogP contribution in [0.25, 0.3) is 0 Å². The highest BCUT2D eigenvalue weighted by Crippen LogP contribution is 2.20. The van der Waals surface area contributed by atoms with Gasteiger partial charge in [0, 0.05) is 26.0 Å². The highest BCUT2D eigenvalue weighted by Gasteiger charge is 2.22. The Bertz CT molecular complexity index is 275. The second-order valence-corrected chi connectivity index (χ2v) is 7.01. The lowest BCUT2D eigenvalue weighted by molar-refractivity contribution is 0.159. The molecule has 0 bridgehead atoms. The number of hydrogen-bond acceptors (Lipinski definition) is 2. The van der Waals surface area contributed by atoms with Crippen molar-refractivity contribution in [2.75, 3.05) is 13.6 Å². The van der Waals surface area contributed by atoms with Crippen LogP contribution in [0, 0.1) is 0 Å². The Morgan fingerprint density at radius 2 is 1.23 bits per heavy atom. The van der Waals surface area contributed by atoms with E-state index in [-0.39, 0.29) is 0 Å². The van der Waals surface area contributed by atoms with Crippen LogP contribution in [0.5, 0.6) is 0 Å². The van der Waals surface area contributed by atoms with Crippen LogP contribution in [0.2, 0.25) is 0 Å². The zero-order chi connectivity index (χ0) is 16.0. The Labute approximate surface area is 139 Å². The van der Waals surface area contributed by atoms with Gasteiger partial charge >= 0.3 is 0 Å². The minimum absolute atomic E-state index is 0.626. The van der Waals surface area contributed by atoms with Crippen LogP contribution in [0.4, 0.5) is 0 Å². The molecular formula is C20H40N2. The summed E-state index contributed by atoms with van der Waals surface area (Å²) in [7, 11) is 2.23. The first kappa shape index (κ1) is 19.4. The van der Waals surface area contributed by atoms with E-state index in [0.29, 0.717) is 6.17 Å². The van der Waals surface area contributed by atoms with Crippen LogP contribution in [0.15, 0.2) is 12.4 Å². The van der Waals surface area contributed by atoms with E-state index >= 15 is 0 Å². The Hall–Kier alpha value is -0.660. The second kappa shape index (κ2) is 12.8. The molecular weight excluding hydrogens is 268 g/mol. The lowest BCUT2D eigenvalue weighted by atomic mass is 10.1. The Morgan fingerprint density at radius 1 is 0.682 bits per heavy atom. The first-order valence-electron chi connectivity index (χ1n) is 9.95. The molecule has 0 radical (unpaired) electrons. The van der Waals surface area contributed by atoms with Crippen molar-refractivity contribution in [2.24, 2.45) is 0 Å². The average Bonchev–Trinajstić information content (AvgIpc) is 2.87. The zero-order valence-corrected chi connectivity index (χ0v) is 15.5. The third-order valence-electron chi connectivity index (χ3n) is 4.93.